The van der Waals surface area contributed by atoms with Crippen LogP contribution in [-0.2, 0) is 14.8 Å². The van der Waals surface area contributed by atoms with E-state index < -0.39 is 22.5 Å². The van der Waals surface area contributed by atoms with Gasteiger partial charge in [0.2, 0.25) is 0 Å². The molecule has 3 rings (SSSR count). The van der Waals surface area contributed by atoms with Crippen molar-refractivity contribution in [2.24, 2.45) is 5.10 Å². The second-order valence-electron chi connectivity index (χ2n) is 7.31. The zero-order chi connectivity index (χ0) is 24.0. The molecule has 0 spiro atoms. The standard InChI is InChI=1S/C24H24ClN3O4S/c1-17-8-11-20(12-9-17)33(30,31)28(22-14-18(2)10-13-23(22)32-3)16-24(29)27-26-15-19-6-4-5-7-21(19)25/h4-15H,16H2,1-3H3,(H,27,29)/b26-15-. The van der Waals surface area contributed by atoms with Crippen LogP contribution in [0, 0.1) is 13.8 Å². The molecule has 3 aromatic rings. The molecule has 0 unspecified atom stereocenters. The van der Waals surface area contributed by atoms with Gasteiger partial charge in [-0.1, -0.05) is 53.6 Å². The quantitative estimate of drug-likeness (QED) is 0.380. The van der Waals surface area contributed by atoms with Crippen LogP contribution in [0.3, 0.4) is 0 Å². The second-order valence-corrected chi connectivity index (χ2v) is 9.58. The van der Waals surface area contributed by atoms with E-state index in [0.717, 1.165) is 15.4 Å². The number of aryl methyl sites for hydroxylation is 2. The Kier molecular flexibility index (Phi) is 7.73. The second kappa shape index (κ2) is 10.5. The Labute approximate surface area is 198 Å². The Bertz CT molecular complexity index is 1280. The smallest absolute Gasteiger partial charge is 0.264 e. The average Bonchev–Trinajstić information content (AvgIpc) is 2.79. The van der Waals surface area contributed by atoms with Crippen molar-refractivity contribution in [3.63, 3.8) is 0 Å². The highest BCUT2D eigenvalue weighted by atomic mass is 35.5. The summed E-state index contributed by atoms with van der Waals surface area (Å²) in [6, 6.07) is 18.5. The van der Waals surface area contributed by atoms with Crippen molar-refractivity contribution < 1.29 is 17.9 Å². The van der Waals surface area contributed by atoms with E-state index in [-0.39, 0.29) is 10.6 Å². The summed E-state index contributed by atoms with van der Waals surface area (Å²) >= 11 is 6.09. The number of methoxy groups -OCH3 is 1. The molecule has 0 aliphatic heterocycles. The van der Waals surface area contributed by atoms with Crippen LogP contribution in [0.1, 0.15) is 16.7 Å². The van der Waals surface area contributed by atoms with E-state index in [1.165, 1.54) is 25.5 Å². The number of carbonyl (C=O) groups is 1. The van der Waals surface area contributed by atoms with Gasteiger partial charge in [-0.2, -0.15) is 5.10 Å². The number of benzene rings is 3. The van der Waals surface area contributed by atoms with E-state index >= 15 is 0 Å². The third-order valence-electron chi connectivity index (χ3n) is 4.80. The zero-order valence-corrected chi connectivity index (χ0v) is 20.0. The summed E-state index contributed by atoms with van der Waals surface area (Å²) < 4.78 is 33.5. The lowest BCUT2D eigenvalue weighted by molar-refractivity contribution is -0.119. The average molecular weight is 486 g/mol. The van der Waals surface area contributed by atoms with Crippen molar-refractivity contribution in [1.82, 2.24) is 5.43 Å². The van der Waals surface area contributed by atoms with Crippen molar-refractivity contribution in [3.05, 3.63) is 88.4 Å². The maximum Gasteiger partial charge on any atom is 0.264 e. The number of ether oxygens (including phenoxy) is 1. The first-order chi connectivity index (χ1) is 15.7. The summed E-state index contributed by atoms with van der Waals surface area (Å²) in [6.07, 6.45) is 1.40. The summed E-state index contributed by atoms with van der Waals surface area (Å²) in [4.78, 5) is 12.8. The number of nitrogens with zero attached hydrogens (tertiary/aromatic N) is 2. The lowest BCUT2D eigenvalue weighted by Gasteiger charge is -2.25. The molecule has 0 aliphatic carbocycles. The number of nitrogens with one attached hydrogen (secondary N) is 1. The third kappa shape index (κ3) is 5.91. The molecule has 9 heteroatoms. The summed E-state index contributed by atoms with van der Waals surface area (Å²) in [5.41, 5.74) is 4.97. The van der Waals surface area contributed by atoms with Crippen molar-refractivity contribution in [3.8, 4) is 5.75 Å². The van der Waals surface area contributed by atoms with Gasteiger partial charge in [0.05, 0.1) is 23.9 Å². The largest absolute Gasteiger partial charge is 0.495 e. The number of amides is 1. The molecule has 3 aromatic carbocycles. The molecular weight excluding hydrogens is 462 g/mol. The molecule has 1 amide bonds. The summed E-state index contributed by atoms with van der Waals surface area (Å²) in [5.74, 6) is -0.304. The third-order valence-corrected chi connectivity index (χ3v) is 6.92. The van der Waals surface area contributed by atoms with Crippen molar-refractivity contribution >= 4 is 39.4 Å². The van der Waals surface area contributed by atoms with E-state index in [9.17, 15) is 13.2 Å². The van der Waals surface area contributed by atoms with Gasteiger partial charge in [-0.05, 0) is 49.7 Å². The predicted molar refractivity (Wildman–Crippen MR) is 131 cm³/mol. The minimum absolute atomic E-state index is 0.0593. The van der Waals surface area contributed by atoms with Crippen LogP contribution in [0.25, 0.3) is 0 Å². The topological polar surface area (TPSA) is 88.1 Å². The number of rotatable bonds is 8. The predicted octanol–water partition coefficient (Wildman–Crippen LogP) is 4.31. The number of anilines is 1. The Balaban J connectivity index is 1.94. The molecule has 33 heavy (non-hydrogen) atoms. The molecule has 1 N–H and O–H groups in total. The highest BCUT2D eigenvalue weighted by Crippen LogP contribution is 2.33. The first-order valence-corrected chi connectivity index (χ1v) is 11.8. The number of halogens is 1. The van der Waals surface area contributed by atoms with E-state index in [4.69, 9.17) is 16.3 Å². The van der Waals surface area contributed by atoms with Gasteiger partial charge in [-0.25, -0.2) is 13.8 Å². The number of hydrogen-bond acceptors (Lipinski definition) is 5. The Hall–Kier alpha value is -3.36. The lowest BCUT2D eigenvalue weighted by Crippen LogP contribution is -2.39. The monoisotopic (exact) mass is 485 g/mol. The zero-order valence-electron chi connectivity index (χ0n) is 18.4. The molecule has 0 atom stereocenters. The van der Waals surface area contributed by atoms with Gasteiger partial charge in [-0.3, -0.25) is 9.10 Å². The normalized spacial score (nSPS) is 11.4. The molecule has 0 heterocycles. The van der Waals surface area contributed by atoms with E-state index in [1.807, 2.05) is 13.8 Å². The van der Waals surface area contributed by atoms with Crippen LogP contribution in [0.4, 0.5) is 5.69 Å². The highest BCUT2D eigenvalue weighted by molar-refractivity contribution is 7.92. The maximum absolute atomic E-state index is 13.5. The fraction of sp³-hybridized carbons (Fsp3) is 0.167. The fourth-order valence-electron chi connectivity index (χ4n) is 3.05. The summed E-state index contributed by atoms with van der Waals surface area (Å²) in [7, 11) is -2.64. The van der Waals surface area contributed by atoms with Crippen LogP contribution in [0.5, 0.6) is 5.75 Å². The van der Waals surface area contributed by atoms with Gasteiger partial charge >= 0.3 is 0 Å². The molecule has 0 saturated carbocycles. The van der Waals surface area contributed by atoms with Crippen LogP contribution in [0.15, 0.2) is 76.7 Å². The summed E-state index contributed by atoms with van der Waals surface area (Å²) in [5, 5.41) is 4.39. The minimum atomic E-state index is -4.08. The van der Waals surface area contributed by atoms with Gasteiger partial charge in [0.1, 0.15) is 12.3 Å². The molecule has 0 fully saturated rings. The SMILES string of the molecule is COc1ccc(C)cc1N(CC(=O)N/N=C\c1ccccc1Cl)S(=O)(=O)c1ccc(C)cc1. The van der Waals surface area contributed by atoms with Gasteiger partial charge in [0.15, 0.2) is 0 Å². The molecule has 0 bridgehead atoms. The highest BCUT2D eigenvalue weighted by Gasteiger charge is 2.29. The van der Waals surface area contributed by atoms with Gasteiger partial charge in [0.25, 0.3) is 15.9 Å². The molecule has 0 aromatic heterocycles. The van der Waals surface area contributed by atoms with E-state index in [2.05, 4.69) is 10.5 Å². The molecular formula is C24H24ClN3O4S. The fourth-order valence-corrected chi connectivity index (χ4v) is 4.66. The molecule has 0 aliphatic rings. The first-order valence-electron chi connectivity index (χ1n) is 10.0. The number of hydrogen-bond donors (Lipinski definition) is 1. The Morgan fingerprint density at radius 2 is 1.73 bits per heavy atom. The Morgan fingerprint density at radius 1 is 1.06 bits per heavy atom. The van der Waals surface area contributed by atoms with Crippen LogP contribution in [-0.4, -0.2) is 34.2 Å². The number of hydrazone groups is 1. The lowest BCUT2D eigenvalue weighted by atomic mass is 10.2. The number of carbonyl (C=O) groups excluding carboxylic acids is 1. The minimum Gasteiger partial charge on any atom is -0.495 e. The van der Waals surface area contributed by atoms with Gasteiger partial charge < -0.3 is 4.74 Å². The van der Waals surface area contributed by atoms with Gasteiger partial charge in [-0.15, -0.1) is 0 Å². The summed E-state index contributed by atoms with van der Waals surface area (Å²) in [6.45, 7) is 3.19. The molecule has 7 nitrogen and oxygen atoms in total. The molecule has 0 radical (unpaired) electrons. The first kappa shape index (κ1) is 24.3. The van der Waals surface area contributed by atoms with Crippen LogP contribution >= 0.6 is 11.6 Å². The Morgan fingerprint density at radius 3 is 2.39 bits per heavy atom. The van der Waals surface area contributed by atoms with Crippen LogP contribution in [0.2, 0.25) is 5.02 Å². The maximum atomic E-state index is 13.5. The van der Waals surface area contributed by atoms with Crippen molar-refractivity contribution in [2.45, 2.75) is 18.7 Å². The van der Waals surface area contributed by atoms with Crippen LogP contribution < -0.4 is 14.5 Å². The molecule has 172 valence electrons. The van der Waals surface area contributed by atoms with E-state index in [1.54, 1.807) is 54.6 Å². The van der Waals surface area contributed by atoms with E-state index in [0.29, 0.717) is 16.3 Å². The van der Waals surface area contributed by atoms with Crippen molar-refractivity contribution in [1.29, 1.82) is 0 Å². The number of sulfonamides is 1. The van der Waals surface area contributed by atoms with Gasteiger partial charge in [0, 0.05) is 10.6 Å². The van der Waals surface area contributed by atoms with Crippen molar-refractivity contribution in [2.75, 3.05) is 18.0 Å². The molecule has 0 saturated heterocycles.